The first-order valence-electron chi connectivity index (χ1n) is 9.50. The van der Waals surface area contributed by atoms with Crippen molar-refractivity contribution in [3.63, 3.8) is 0 Å². The highest BCUT2D eigenvalue weighted by atomic mass is 35.5. The first-order chi connectivity index (χ1) is 14.8. The Balaban J connectivity index is 1.62. The monoisotopic (exact) mass is 443 g/mol. The van der Waals surface area contributed by atoms with Gasteiger partial charge in [-0.1, -0.05) is 11.6 Å². The van der Waals surface area contributed by atoms with Gasteiger partial charge in [0.25, 0.3) is 11.5 Å². The van der Waals surface area contributed by atoms with E-state index in [4.69, 9.17) is 16.3 Å². The number of carbonyl (C=O) groups excluding carboxylic acids is 1. The zero-order chi connectivity index (χ0) is 21.9. The van der Waals surface area contributed by atoms with Gasteiger partial charge in [0, 0.05) is 30.0 Å². The number of pyridine rings is 2. The van der Waals surface area contributed by atoms with Gasteiger partial charge in [0.1, 0.15) is 5.15 Å². The zero-order valence-corrected chi connectivity index (χ0v) is 17.0. The number of carbonyl (C=O) groups is 1. The topological polar surface area (TPSA) is 66.8 Å². The second kappa shape index (κ2) is 7.18. The normalized spacial score (nSPS) is 15.9. The van der Waals surface area contributed by atoms with Crippen molar-refractivity contribution in [2.75, 3.05) is 13.7 Å². The molecule has 6 nitrogen and oxygen atoms in total. The molecule has 1 aliphatic rings. The van der Waals surface area contributed by atoms with Crippen LogP contribution >= 0.6 is 11.6 Å². The maximum atomic E-state index is 14.0. The van der Waals surface area contributed by atoms with Crippen LogP contribution in [0.25, 0.3) is 16.3 Å². The Bertz CT molecular complexity index is 1430. The maximum absolute atomic E-state index is 14.0. The lowest BCUT2D eigenvalue weighted by Crippen LogP contribution is -2.37. The Labute approximate surface area is 179 Å². The number of halogens is 3. The Morgan fingerprint density at radius 2 is 1.90 bits per heavy atom. The van der Waals surface area contributed by atoms with E-state index in [1.807, 2.05) is 6.07 Å². The lowest BCUT2D eigenvalue weighted by atomic mass is 9.95. The van der Waals surface area contributed by atoms with E-state index in [2.05, 4.69) is 4.98 Å². The Hall–Kier alpha value is -3.23. The molecule has 0 aliphatic carbocycles. The summed E-state index contributed by atoms with van der Waals surface area (Å²) in [6.45, 7) is 0.241. The summed E-state index contributed by atoms with van der Waals surface area (Å²) < 4.78 is 35.1. The van der Waals surface area contributed by atoms with Crippen LogP contribution in [0.5, 0.6) is 0 Å². The first kappa shape index (κ1) is 19.7. The summed E-state index contributed by atoms with van der Waals surface area (Å²) in [4.78, 5) is 29.8. The van der Waals surface area contributed by atoms with Crippen molar-refractivity contribution in [2.24, 2.45) is 0 Å². The summed E-state index contributed by atoms with van der Waals surface area (Å²) >= 11 is 6.17. The van der Waals surface area contributed by atoms with E-state index >= 15 is 0 Å². The third kappa shape index (κ3) is 3.10. The molecule has 158 valence electrons. The lowest BCUT2D eigenvalue weighted by Gasteiger charge is -2.34. The standard InChI is InChI=1S/C22H16ClF2N3O3/c1-27(22(30)11-2-3-12-4-5-19(23)28(12)8-11)18-10-31-9-17-20(18)13-6-15(24)16(25)7-14(13)21(29)26-17/h2-8,18H,9-10H2,1H3,(H,26,29)/t18-/m1/s1. The molecule has 0 fully saturated rings. The van der Waals surface area contributed by atoms with Crippen LogP contribution in [0, 0.1) is 11.6 Å². The molecule has 5 rings (SSSR count). The highest BCUT2D eigenvalue weighted by Crippen LogP contribution is 2.34. The number of aromatic amines is 1. The fourth-order valence-electron chi connectivity index (χ4n) is 4.09. The van der Waals surface area contributed by atoms with E-state index in [0.717, 1.165) is 17.6 Å². The Morgan fingerprint density at radius 3 is 2.68 bits per heavy atom. The number of rotatable bonds is 2. The molecule has 1 N–H and O–H groups in total. The van der Waals surface area contributed by atoms with Crippen LogP contribution < -0.4 is 5.56 Å². The van der Waals surface area contributed by atoms with Crippen LogP contribution in [-0.4, -0.2) is 33.8 Å². The van der Waals surface area contributed by atoms with Gasteiger partial charge in [-0.2, -0.15) is 0 Å². The number of ether oxygens (including phenoxy) is 1. The zero-order valence-electron chi connectivity index (χ0n) is 16.3. The van der Waals surface area contributed by atoms with E-state index in [9.17, 15) is 18.4 Å². The number of hydrogen-bond acceptors (Lipinski definition) is 3. The molecule has 1 atom stereocenters. The maximum Gasteiger partial charge on any atom is 0.256 e. The second-order valence-corrected chi connectivity index (χ2v) is 7.86. The third-order valence-electron chi connectivity index (χ3n) is 5.68. The minimum absolute atomic E-state index is 0.0194. The van der Waals surface area contributed by atoms with Crippen molar-refractivity contribution in [2.45, 2.75) is 12.6 Å². The Morgan fingerprint density at radius 1 is 1.19 bits per heavy atom. The quantitative estimate of drug-likeness (QED) is 0.508. The van der Waals surface area contributed by atoms with Gasteiger partial charge in [-0.25, -0.2) is 8.78 Å². The van der Waals surface area contributed by atoms with Gasteiger partial charge in [-0.05, 0) is 41.8 Å². The highest BCUT2D eigenvalue weighted by molar-refractivity contribution is 6.30. The number of fused-ring (bicyclic) bond motifs is 4. The van der Waals surface area contributed by atoms with Crippen LogP contribution in [0.15, 0.2) is 47.4 Å². The molecular formula is C22H16ClF2N3O3. The van der Waals surface area contributed by atoms with Crippen molar-refractivity contribution in [3.05, 3.63) is 86.6 Å². The molecule has 0 bridgehead atoms. The number of aromatic nitrogens is 2. The van der Waals surface area contributed by atoms with E-state index in [0.29, 0.717) is 22.0 Å². The van der Waals surface area contributed by atoms with E-state index in [1.165, 1.54) is 4.90 Å². The highest BCUT2D eigenvalue weighted by Gasteiger charge is 2.31. The Kier molecular flexibility index (Phi) is 4.56. The average Bonchev–Trinajstić information content (AvgIpc) is 3.14. The number of likely N-dealkylation sites (N-methyl/N-ethyl adjacent to an activating group) is 1. The molecule has 0 unspecified atom stereocenters. The van der Waals surface area contributed by atoms with Crippen LogP contribution in [0.3, 0.4) is 0 Å². The largest absolute Gasteiger partial charge is 0.373 e. The predicted molar refractivity (Wildman–Crippen MR) is 111 cm³/mol. The molecule has 0 spiro atoms. The van der Waals surface area contributed by atoms with Crippen molar-refractivity contribution >= 4 is 33.8 Å². The minimum atomic E-state index is -1.11. The summed E-state index contributed by atoms with van der Waals surface area (Å²) in [5.41, 5.74) is 1.67. The van der Waals surface area contributed by atoms with Gasteiger partial charge < -0.3 is 19.0 Å². The van der Waals surface area contributed by atoms with Gasteiger partial charge in [0.2, 0.25) is 0 Å². The fraction of sp³-hybridized carbons (Fsp3) is 0.182. The van der Waals surface area contributed by atoms with Crippen molar-refractivity contribution in [1.82, 2.24) is 14.3 Å². The van der Waals surface area contributed by atoms with Gasteiger partial charge in [-0.3, -0.25) is 9.59 Å². The minimum Gasteiger partial charge on any atom is -0.373 e. The smallest absolute Gasteiger partial charge is 0.256 e. The van der Waals surface area contributed by atoms with E-state index < -0.39 is 23.2 Å². The van der Waals surface area contributed by atoms with Crippen LogP contribution in [0.1, 0.15) is 27.7 Å². The number of H-pyrrole nitrogens is 1. The summed E-state index contributed by atoms with van der Waals surface area (Å²) in [5, 5.41) is 0.750. The molecule has 1 aromatic carbocycles. The molecule has 0 saturated heterocycles. The number of nitrogens with one attached hydrogen (secondary N) is 1. The predicted octanol–water partition coefficient (Wildman–Crippen LogP) is 4.06. The SMILES string of the molecule is CN(C(=O)c1ccc2ccc(Cl)n2c1)[C@@H]1COCc2[nH]c(=O)c3cc(F)c(F)cc3c21. The van der Waals surface area contributed by atoms with Gasteiger partial charge >= 0.3 is 0 Å². The first-order valence-corrected chi connectivity index (χ1v) is 9.88. The number of amides is 1. The van der Waals surface area contributed by atoms with Gasteiger partial charge in [0.15, 0.2) is 11.6 Å². The van der Waals surface area contributed by atoms with Gasteiger partial charge in [-0.15, -0.1) is 0 Å². The van der Waals surface area contributed by atoms with Crippen LogP contribution in [0.4, 0.5) is 8.78 Å². The number of hydrogen-bond donors (Lipinski definition) is 1. The molecule has 1 amide bonds. The van der Waals surface area contributed by atoms with E-state index in [1.54, 1.807) is 35.8 Å². The summed E-state index contributed by atoms with van der Waals surface area (Å²) in [6, 6.07) is 8.30. The van der Waals surface area contributed by atoms with E-state index in [-0.39, 0.29) is 29.9 Å². The molecule has 31 heavy (non-hydrogen) atoms. The van der Waals surface area contributed by atoms with Crippen LogP contribution in [-0.2, 0) is 11.3 Å². The number of nitrogens with zero attached hydrogens (tertiary/aromatic N) is 2. The van der Waals surface area contributed by atoms with Crippen molar-refractivity contribution in [1.29, 1.82) is 0 Å². The molecule has 1 aliphatic heterocycles. The molecule has 0 radical (unpaired) electrons. The average molecular weight is 444 g/mol. The summed E-state index contributed by atoms with van der Waals surface area (Å²) in [7, 11) is 1.60. The summed E-state index contributed by atoms with van der Waals surface area (Å²) in [6.07, 6.45) is 1.64. The van der Waals surface area contributed by atoms with Crippen molar-refractivity contribution in [3.8, 4) is 0 Å². The number of benzene rings is 1. The molecule has 4 heterocycles. The molecule has 4 aromatic rings. The lowest BCUT2D eigenvalue weighted by molar-refractivity contribution is 0.0335. The van der Waals surface area contributed by atoms with Crippen molar-refractivity contribution < 1.29 is 18.3 Å². The fourth-order valence-corrected chi connectivity index (χ4v) is 4.30. The molecule has 3 aromatic heterocycles. The van der Waals surface area contributed by atoms with Gasteiger partial charge in [0.05, 0.1) is 30.2 Å². The third-order valence-corrected chi connectivity index (χ3v) is 5.98. The van der Waals surface area contributed by atoms with Crippen LogP contribution in [0.2, 0.25) is 5.15 Å². The molecule has 9 heteroatoms. The molecular weight excluding hydrogens is 428 g/mol. The molecule has 0 saturated carbocycles. The summed E-state index contributed by atoms with van der Waals surface area (Å²) in [5.74, 6) is -2.48. The second-order valence-electron chi connectivity index (χ2n) is 7.47.